The van der Waals surface area contributed by atoms with Crippen molar-refractivity contribution in [2.75, 3.05) is 0 Å². The Kier molecular flexibility index (Phi) is 2.80. The van der Waals surface area contributed by atoms with Crippen LogP contribution in [0.15, 0.2) is 0 Å². The third kappa shape index (κ3) is 1.66. The van der Waals surface area contributed by atoms with Crippen LogP contribution in [0.3, 0.4) is 0 Å². The van der Waals surface area contributed by atoms with E-state index in [1.54, 1.807) is 0 Å². The lowest BCUT2D eigenvalue weighted by molar-refractivity contribution is 0.590. The van der Waals surface area contributed by atoms with Crippen LogP contribution in [-0.4, -0.2) is 9.55 Å². The molecule has 0 bridgehead atoms. The molecule has 2 rings (SSSR count). The molecule has 0 unspecified atom stereocenters. The van der Waals surface area contributed by atoms with E-state index in [1.807, 2.05) is 0 Å². The van der Waals surface area contributed by atoms with E-state index in [0.29, 0.717) is 0 Å². The molecule has 0 aliphatic carbocycles. The second-order valence-electron chi connectivity index (χ2n) is 6.42. The first-order valence-corrected chi connectivity index (χ1v) is 6.59. The van der Waals surface area contributed by atoms with E-state index < -0.39 is 0 Å². The summed E-state index contributed by atoms with van der Waals surface area (Å²) in [6, 6.07) is 0. The molecular formula is C16H24N2. The third-order valence-electron chi connectivity index (χ3n) is 4.16. The molecule has 0 radical (unpaired) electrons. The van der Waals surface area contributed by atoms with Crippen LogP contribution in [0.25, 0.3) is 11.0 Å². The molecule has 2 heteroatoms. The van der Waals surface area contributed by atoms with E-state index in [0.717, 1.165) is 5.82 Å². The summed E-state index contributed by atoms with van der Waals surface area (Å²) < 4.78 is 2.21. The molecular weight excluding hydrogens is 220 g/mol. The summed E-state index contributed by atoms with van der Waals surface area (Å²) in [4.78, 5) is 4.80. The second-order valence-corrected chi connectivity index (χ2v) is 6.42. The lowest BCUT2D eigenvalue weighted by Crippen LogP contribution is -2.15. The monoisotopic (exact) mass is 244 g/mol. The van der Waals surface area contributed by atoms with Gasteiger partial charge in [0.25, 0.3) is 0 Å². The molecule has 0 spiro atoms. The van der Waals surface area contributed by atoms with Crippen LogP contribution in [0.4, 0.5) is 0 Å². The van der Waals surface area contributed by atoms with Crippen LogP contribution in [0.2, 0.25) is 0 Å². The first-order chi connectivity index (χ1) is 8.16. The van der Waals surface area contributed by atoms with Gasteiger partial charge in [0, 0.05) is 7.05 Å². The van der Waals surface area contributed by atoms with Gasteiger partial charge in [-0.05, 0) is 55.4 Å². The Labute approximate surface area is 110 Å². The fourth-order valence-corrected chi connectivity index (χ4v) is 2.96. The van der Waals surface area contributed by atoms with Gasteiger partial charge in [-0.15, -0.1) is 0 Å². The van der Waals surface area contributed by atoms with Crippen LogP contribution < -0.4 is 0 Å². The molecule has 2 aromatic rings. The number of nitrogens with zero attached hydrogens (tertiary/aromatic N) is 2. The van der Waals surface area contributed by atoms with Gasteiger partial charge < -0.3 is 4.57 Å². The van der Waals surface area contributed by atoms with Crippen LogP contribution in [0.5, 0.6) is 0 Å². The molecule has 0 saturated heterocycles. The van der Waals surface area contributed by atoms with Crippen LogP contribution >= 0.6 is 0 Å². The standard InChI is InChI=1S/C16H24N2/c1-9-10(2)13(16(5,6)7)14-15(11(9)3)18(8)12(4)17-14/h1-8H3. The number of imidazole rings is 1. The average molecular weight is 244 g/mol. The Morgan fingerprint density at radius 3 is 1.94 bits per heavy atom. The summed E-state index contributed by atoms with van der Waals surface area (Å²) in [5.74, 6) is 1.09. The highest BCUT2D eigenvalue weighted by atomic mass is 15.1. The van der Waals surface area contributed by atoms with Gasteiger partial charge in [0.1, 0.15) is 5.82 Å². The minimum Gasteiger partial charge on any atom is -0.331 e. The number of fused-ring (bicyclic) bond motifs is 1. The first kappa shape index (κ1) is 13.1. The highest BCUT2D eigenvalue weighted by molar-refractivity contribution is 5.86. The molecule has 1 aromatic heterocycles. The van der Waals surface area contributed by atoms with Crippen LogP contribution in [-0.2, 0) is 12.5 Å². The van der Waals surface area contributed by atoms with Gasteiger partial charge in [0.2, 0.25) is 0 Å². The van der Waals surface area contributed by atoms with Gasteiger partial charge in [-0.25, -0.2) is 4.98 Å². The zero-order chi connectivity index (χ0) is 13.8. The first-order valence-electron chi connectivity index (χ1n) is 6.59. The van der Waals surface area contributed by atoms with E-state index in [-0.39, 0.29) is 5.41 Å². The minimum absolute atomic E-state index is 0.127. The summed E-state index contributed by atoms with van der Waals surface area (Å²) in [6.45, 7) is 15.6. The lowest BCUT2D eigenvalue weighted by atomic mass is 9.80. The summed E-state index contributed by atoms with van der Waals surface area (Å²) in [7, 11) is 2.11. The van der Waals surface area contributed by atoms with Crippen molar-refractivity contribution in [3.63, 3.8) is 0 Å². The maximum absolute atomic E-state index is 4.80. The van der Waals surface area contributed by atoms with E-state index in [2.05, 4.69) is 60.1 Å². The zero-order valence-corrected chi connectivity index (χ0v) is 12.9. The molecule has 0 fully saturated rings. The summed E-state index contributed by atoms with van der Waals surface area (Å²) >= 11 is 0. The van der Waals surface area contributed by atoms with Gasteiger partial charge in [0.05, 0.1) is 11.0 Å². The Bertz CT molecular complexity index is 625. The Morgan fingerprint density at radius 2 is 1.44 bits per heavy atom. The quantitative estimate of drug-likeness (QED) is 0.682. The van der Waals surface area contributed by atoms with Crippen molar-refractivity contribution in [1.82, 2.24) is 9.55 Å². The van der Waals surface area contributed by atoms with Gasteiger partial charge in [-0.1, -0.05) is 20.8 Å². The summed E-state index contributed by atoms with van der Waals surface area (Å²) in [5.41, 5.74) is 8.15. The van der Waals surface area contributed by atoms with Crippen molar-refractivity contribution in [2.45, 2.75) is 53.9 Å². The fourth-order valence-electron chi connectivity index (χ4n) is 2.96. The largest absolute Gasteiger partial charge is 0.331 e. The molecule has 1 heterocycles. The molecule has 0 amide bonds. The van der Waals surface area contributed by atoms with E-state index in [4.69, 9.17) is 4.98 Å². The maximum Gasteiger partial charge on any atom is 0.106 e. The van der Waals surface area contributed by atoms with Crippen molar-refractivity contribution in [1.29, 1.82) is 0 Å². The fraction of sp³-hybridized carbons (Fsp3) is 0.562. The Balaban J connectivity index is 3.07. The van der Waals surface area contributed by atoms with Crippen molar-refractivity contribution in [3.05, 3.63) is 28.1 Å². The number of benzene rings is 1. The maximum atomic E-state index is 4.80. The SMILES string of the molecule is Cc1c(C)c(C)c2c(nc(C)n2C)c1C(C)(C)C. The van der Waals surface area contributed by atoms with Crippen molar-refractivity contribution < 1.29 is 0 Å². The molecule has 98 valence electrons. The van der Waals surface area contributed by atoms with Gasteiger partial charge in [-0.2, -0.15) is 0 Å². The van der Waals surface area contributed by atoms with E-state index >= 15 is 0 Å². The second kappa shape index (κ2) is 3.84. The summed E-state index contributed by atoms with van der Waals surface area (Å²) in [5, 5.41) is 0. The highest BCUT2D eigenvalue weighted by Crippen LogP contribution is 2.36. The number of aryl methyl sites for hydroxylation is 3. The van der Waals surface area contributed by atoms with E-state index in [1.165, 1.54) is 33.3 Å². The minimum atomic E-state index is 0.127. The number of aromatic nitrogens is 2. The van der Waals surface area contributed by atoms with Crippen molar-refractivity contribution >= 4 is 11.0 Å². The smallest absolute Gasteiger partial charge is 0.106 e. The lowest BCUT2D eigenvalue weighted by Gasteiger charge is -2.25. The topological polar surface area (TPSA) is 17.8 Å². The van der Waals surface area contributed by atoms with Crippen LogP contribution in [0.1, 0.15) is 48.8 Å². The van der Waals surface area contributed by atoms with E-state index in [9.17, 15) is 0 Å². The zero-order valence-electron chi connectivity index (χ0n) is 12.9. The normalized spacial score (nSPS) is 12.4. The van der Waals surface area contributed by atoms with Crippen LogP contribution in [0, 0.1) is 27.7 Å². The molecule has 2 nitrogen and oxygen atoms in total. The third-order valence-corrected chi connectivity index (χ3v) is 4.16. The Hall–Kier alpha value is -1.31. The van der Waals surface area contributed by atoms with Crippen molar-refractivity contribution in [3.8, 4) is 0 Å². The summed E-state index contributed by atoms with van der Waals surface area (Å²) in [6.07, 6.45) is 0. The molecule has 1 aromatic carbocycles. The van der Waals surface area contributed by atoms with Crippen molar-refractivity contribution in [2.24, 2.45) is 7.05 Å². The number of rotatable bonds is 0. The average Bonchev–Trinajstić information content (AvgIpc) is 2.50. The molecule has 0 aliphatic rings. The highest BCUT2D eigenvalue weighted by Gasteiger charge is 2.25. The Morgan fingerprint density at radius 1 is 0.889 bits per heavy atom. The molecule has 0 atom stereocenters. The molecule has 0 N–H and O–H groups in total. The molecule has 0 aliphatic heterocycles. The van der Waals surface area contributed by atoms with Gasteiger partial charge in [0.15, 0.2) is 0 Å². The van der Waals surface area contributed by atoms with Gasteiger partial charge in [-0.3, -0.25) is 0 Å². The molecule has 0 saturated carbocycles. The van der Waals surface area contributed by atoms with Gasteiger partial charge >= 0.3 is 0 Å². The predicted octanol–water partition coefficient (Wildman–Crippen LogP) is 4.10. The number of hydrogen-bond donors (Lipinski definition) is 0. The molecule has 18 heavy (non-hydrogen) atoms. The predicted molar refractivity (Wildman–Crippen MR) is 78.4 cm³/mol. The number of hydrogen-bond acceptors (Lipinski definition) is 1.